The van der Waals surface area contributed by atoms with Gasteiger partial charge in [0, 0.05) is 11.6 Å². The Bertz CT molecular complexity index is 538. The number of fused-ring (bicyclic) bond motifs is 1. The molecule has 1 heterocycles. The van der Waals surface area contributed by atoms with Crippen molar-refractivity contribution in [3.05, 3.63) is 42.1 Å². The smallest absolute Gasteiger partial charge is 0.0942 e. The van der Waals surface area contributed by atoms with Crippen molar-refractivity contribution in [3.8, 4) is 0 Å². The molecular weight excluding hydrogens is 222 g/mol. The van der Waals surface area contributed by atoms with Crippen molar-refractivity contribution in [2.45, 2.75) is 33.3 Å². The van der Waals surface area contributed by atoms with Gasteiger partial charge in [0.25, 0.3) is 0 Å². The third-order valence-electron chi connectivity index (χ3n) is 3.83. The van der Waals surface area contributed by atoms with Crippen molar-refractivity contribution in [1.29, 1.82) is 0 Å². The van der Waals surface area contributed by atoms with E-state index in [1.54, 1.807) is 6.20 Å². The first-order valence-corrected chi connectivity index (χ1v) is 6.54. The van der Waals surface area contributed by atoms with Crippen molar-refractivity contribution in [2.24, 2.45) is 11.8 Å². The lowest BCUT2D eigenvalue weighted by atomic mass is 9.75. The minimum atomic E-state index is -0.788. The number of hydrogen-bond acceptors (Lipinski definition) is 2. The molecular formula is C16H21NO. The molecule has 0 aliphatic rings. The predicted octanol–water partition coefficient (Wildman–Crippen LogP) is 3.73. The fraction of sp³-hybridized carbons (Fsp3) is 0.438. The van der Waals surface area contributed by atoms with Crippen LogP contribution in [-0.4, -0.2) is 10.1 Å². The predicted molar refractivity (Wildman–Crippen MR) is 75.3 cm³/mol. The van der Waals surface area contributed by atoms with Crippen molar-refractivity contribution in [2.75, 3.05) is 0 Å². The molecule has 0 saturated carbocycles. The monoisotopic (exact) mass is 243 g/mol. The lowest BCUT2D eigenvalue weighted by Crippen LogP contribution is -2.37. The SMILES string of the molecule is CC(C)C(O)(c1ccc2ncccc2c1)C(C)C. The van der Waals surface area contributed by atoms with Gasteiger partial charge < -0.3 is 5.11 Å². The second-order valence-corrected chi connectivity index (χ2v) is 5.55. The molecule has 1 aromatic heterocycles. The number of aromatic nitrogens is 1. The van der Waals surface area contributed by atoms with E-state index in [-0.39, 0.29) is 11.8 Å². The van der Waals surface area contributed by atoms with Gasteiger partial charge in [-0.15, -0.1) is 0 Å². The van der Waals surface area contributed by atoms with E-state index in [1.165, 1.54) is 0 Å². The van der Waals surface area contributed by atoms with Gasteiger partial charge in [-0.25, -0.2) is 0 Å². The highest BCUT2D eigenvalue weighted by Gasteiger charge is 2.36. The molecule has 0 amide bonds. The van der Waals surface area contributed by atoms with Crippen LogP contribution in [0.1, 0.15) is 33.3 Å². The van der Waals surface area contributed by atoms with Crippen LogP contribution in [0, 0.1) is 11.8 Å². The van der Waals surface area contributed by atoms with Crippen molar-refractivity contribution >= 4 is 10.9 Å². The molecule has 0 atom stereocenters. The number of rotatable bonds is 3. The van der Waals surface area contributed by atoms with E-state index < -0.39 is 5.60 Å². The van der Waals surface area contributed by atoms with E-state index in [2.05, 4.69) is 38.7 Å². The maximum absolute atomic E-state index is 11.0. The summed E-state index contributed by atoms with van der Waals surface area (Å²) < 4.78 is 0. The average Bonchev–Trinajstić information content (AvgIpc) is 2.36. The van der Waals surface area contributed by atoms with Crippen LogP contribution in [0.25, 0.3) is 10.9 Å². The Morgan fingerprint density at radius 3 is 2.33 bits per heavy atom. The quantitative estimate of drug-likeness (QED) is 0.891. The minimum Gasteiger partial charge on any atom is -0.385 e. The van der Waals surface area contributed by atoms with Gasteiger partial charge in [0.2, 0.25) is 0 Å². The molecule has 0 spiro atoms. The second-order valence-electron chi connectivity index (χ2n) is 5.55. The number of benzene rings is 1. The van der Waals surface area contributed by atoms with Crippen molar-refractivity contribution in [1.82, 2.24) is 4.98 Å². The van der Waals surface area contributed by atoms with E-state index in [4.69, 9.17) is 0 Å². The lowest BCUT2D eigenvalue weighted by molar-refractivity contribution is -0.0530. The first kappa shape index (κ1) is 13.0. The van der Waals surface area contributed by atoms with Gasteiger partial charge >= 0.3 is 0 Å². The lowest BCUT2D eigenvalue weighted by Gasteiger charge is -2.37. The molecule has 2 heteroatoms. The Balaban J connectivity index is 2.58. The maximum atomic E-state index is 11.0. The molecule has 0 aliphatic carbocycles. The third-order valence-corrected chi connectivity index (χ3v) is 3.83. The van der Waals surface area contributed by atoms with Gasteiger partial charge in [0.15, 0.2) is 0 Å². The van der Waals surface area contributed by atoms with Gasteiger partial charge in [-0.05, 0) is 35.6 Å². The minimum absolute atomic E-state index is 0.173. The van der Waals surface area contributed by atoms with Crippen LogP contribution < -0.4 is 0 Å². The Morgan fingerprint density at radius 2 is 1.72 bits per heavy atom. The molecule has 2 aromatic rings. The Labute approximate surface area is 109 Å². The number of aliphatic hydroxyl groups is 1. The van der Waals surface area contributed by atoms with E-state index in [9.17, 15) is 5.11 Å². The first-order chi connectivity index (χ1) is 8.46. The summed E-state index contributed by atoms with van der Waals surface area (Å²) in [6, 6.07) is 10.0. The zero-order valence-electron chi connectivity index (χ0n) is 11.5. The summed E-state index contributed by atoms with van der Waals surface area (Å²) in [6.07, 6.45) is 1.79. The largest absolute Gasteiger partial charge is 0.385 e. The van der Waals surface area contributed by atoms with Gasteiger partial charge in [-0.2, -0.15) is 0 Å². The van der Waals surface area contributed by atoms with Crippen LogP contribution in [-0.2, 0) is 5.60 Å². The van der Waals surface area contributed by atoms with Crippen LogP contribution in [0.2, 0.25) is 0 Å². The van der Waals surface area contributed by atoms with Crippen molar-refractivity contribution in [3.63, 3.8) is 0 Å². The van der Waals surface area contributed by atoms with E-state index in [0.29, 0.717) is 0 Å². The summed E-state index contributed by atoms with van der Waals surface area (Å²) >= 11 is 0. The molecule has 0 fully saturated rings. The summed E-state index contributed by atoms with van der Waals surface area (Å²) in [7, 11) is 0. The van der Waals surface area contributed by atoms with Crippen LogP contribution >= 0.6 is 0 Å². The molecule has 96 valence electrons. The number of hydrogen-bond donors (Lipinski definition) is 1. The summed E-state index contributed by atoms with van der Waals surface area (Å²) in [5, 5.41) is 12.1. The molecule has 0 aliphatic heterocycles. The highest BCUT2D eigenvalue weighted by atomic mass is 16.3. The summed E-state index contributed by atoms with van der Waals surface area (Å²) in [5.41, 5.74) is 1.16. The Morgan fingerprint density at radius 1 is 1.06 bits per heavy atom. The Hall–Kier alpha value is -1.41. The van der Waals surface area contributed by atoms with Crippen LogP contribution in [0.5, 0.6) is 0 Å². The number of pyridine rings is 1. The molecule has 18 heavy (non-hydrogen) atoms. The fourth-order valence-electron chi connectivity index (χ4n) is 2.66. The molecule has 0 bridgehead atoms. The number of nitrogens with zero attached hydrogens (tertiary/aromatic N) is 1. The second kappa shape index (κ2) is 4.69. The van der Waals surface area contributed by atoms with E-state index in [0.717, 1.165) is 16.5 Å². The van der Waals surface area contributed by atoms with Crippen LogP contribution in [0.3, 0.4) is 0 Å². The third kappa shape index (κ3) is 2.01. The van der Waals surface area contributed by atoms with Crippen LogP contribution in [0.15, 0.2) is 36.5 Å². The fourth-order valence-corrected chi connectivity index (χ4v) is 2.66. The van der Waals surface area contributed by atoms with Gasteiger partial charge in [-0.3, -0.25) is 4.98 Å². The molecule has 0 radical (unpaired) electrons. The summed E-state index contributed by atoms with van der Waals surface area (Å²) in [6.45, 7) is 8.25. The Kier molecular flexibility index (Phi) is 3.40. The standard InChI is InChI=1S/C16H21NO/c1-11(2)16(18,12(3)4)14-7-8-15-13(10-14)6-5-9-17-15/h5-12,18H,1-4H3. The highest BCUT2D eigenvalue weighted by molar-refractivity contribution is 5.79. The van der Waals surface area contributed by atoms with Crippen LogP contribution in [0.4, 0.5) is 0 Å². The molecule has 0 unspecified atom stereocenters. The maximum Gasteiger partial charge on any atom is 0.0942 e. The molecule has 2 rings (SSSR count). The molecule has 0 saturated heterocycles. The van der Waals surface area contributed by atoms with Crippen molar-refractivity contribution < 1.29 is 5.11 Å². The topological polar surface area (TPSA) is 33.1 Å². The van der Waals surface area contributed by atoms with Gasteiger partial charge in [0.05, 0.1) is 11.1 Å². The first-order valence-electron chi connectivity index (χ1n) is 6.54. The highest BCUT2D eigenvalue weighted by Crippen LogP contribution is 2.37. The average molecular weight is 243 g/mol. The van der Waals surface area contributed by atoms with E-state index in [1.807, 2.05) is 24.3 Å². The molecule has 1 N–H and O–H groups in total. The molecule has 1 aromatic carbocycles. The zero-order valence-corrected chi connectivity index (χ0v) is 11.5. The van der Waals surface area contributed by atoms with Gasteiger partial charge in [0.1, 0.15) is 0 Å². The summed E-state index contributed by atoms with van der Waals surface area (Å²) in [4.78, 5) is 4.31. The summed E-state index contributed by atoms with van der Waals surface area (Å²) in [5.74, 6) is 0.346. The van der Waals surface area contributed by atoms with E-state index >= 15 is 0 Å². The normalized spacial score (nSPS) is 12.6. The van der Waals surface area contributed by atoms with Gasteiger partial charge in [-0.1, -0.05) is 39.8 Å². The zero-order chi connectivity index (χ0) is 13.3. The molecule has 2 nitrogen and oxygen atoms in total.